The number of nitrogen functional groups attached to an aromatic ring is 1. The lowest BCUT2D eigenvalue weighted by atomic mass is 10.0. The number of hydrogen-bond donors (Lipinski definition) is 10. The third kappa shape index (κ3) is 8.20. The number of hydrogen-bond acceptors (Lipinski definition) is 19. The minimum absolute atomic E-state index is 0.0311. The summed E-state index contributed by atoms with van der Waals surface area (Å²) in [5.74, 6) is -0.0311. The maximum Gasteiger partial charge on any atom is 0.490 e. The lowest BCUT2D eigenvalue weighted by molar-refractivity contribution is -0.135. The van der Waals surface area contributed by atoms with Gasteiger partial charge in [0.2, 0.25) is 0 Å². The Morgan fingerprint density at radius 2 is 1.71 bits per heavy atom. The van der Waals surface area contributed by atoms with Gasteiger partial charge >= 0.3 is 23.5 Å². The van der Waals surface area contributed by atoms with Crippen molar-refractivity contribution in [2.75, 3.05) is 18.9 Å². The number of anilines is 1. The van der Waals surface area contributed by atoms with E-state index in [4.69, 9.17) is 29.9 Å². The monoisotopic (exact) mass is 669 g/mol. The van der Waals surface area contributed by atoms with E-state index in [1.165, 1.54) is 0 Å². The van der Waals surface area contributed by atoms with Crippen LogP contribution in [0.15, 0.2) is 12.7 Å². The van der Waals surface area contributed by atoms with E-state index in [0.717, 1.165) is 17.2 Å². The molecule has 2 aromatic heterocycles. The SMILES string of the molecule is Nc1ncnc2c1ncn2[C@@H]1O[C@H](COP(=O)(O[C@@H](C=O)[C@@H](O)[C@H](O)[C@H](O)CO)OP(=O)(O)OP(=O)(O)O)[C@@H](O)[C@H]1O. The van der Waals surface area contributed by atoms with E-state index in [0.29, 0.717) is 0 Å². The van der Waals surface area contributed by atoms with E-state index in [1.807, 2.05) is 0 Å². The summed E-state index contributed by atoms with van der Waals surface area (Å²) >= 11 is 0. The van der Waals surface area contributed by atoms with Crippen LogP contribution in [-0.2, 0) is 40.9 Å². The number of aldehydes is 1. The first-order chi connectivity index (χ1) is 19.4. The van der Waals surface area contributed by atoms with E-state index in [-0.39, 0.29) is 23.3 Å². The van der Waals surface area contributed by atoms with Gasteiger partial charge in [-0.2, -0.15) is 8.62 Å². The van der Waals surface area contributed by atoms with Crippen molar-refractivity contribution in [2.45, 2.75) is 49.0 Å². The highest BCUT2D eigenvalue weighted by Gasteiger charge is 2.49. The van der Waals surface area contributed by atoms with Crippen LogP contribution in [0.2, 0.25) is 0 Å². The van der Waals surface area contributed by atoms with Crippen molar-refractivity contribution in [3.05, 3.63) is 12.7 Å². The van der Waals surface area contributed by atoms with E-state index in [2.05, 4.69) is 28.1 Å². The predicted molar refractivity (Wildman–Crippen MR) is 129 cm³/mol. The number of carbonyl (C=O) groups is 1. The van der Waals surface area contributed by atoms with Gasteiger partial charge in [0.25, 0.3) is 0 Å². The number of aliphatic hydroxyl groups excluding tert-OH is 6. The fraction of sp³-hybridized carbons (Fsp3) is 0.625. The summed E-state index contributed by atoms with van der Waals surface area (Å²) in [6, 6.07) is 0. The van der Waals surface area contributed by atoms with Crippen LogP contribution in [0.1, 0.15) is 6.23 Å². The smallest absolute Gasteiger partial charge is 0.394 e. The highest BCUT2D eigenvalue weighted by atomic mass is 31.3. The molecule has 0 saturated carbocycles. The number of phosphoric ester groups is 1. The van der Waals surface area contributed by atoms with Gasteiger partial charge in [-0.05, 0) is 0 Å². The predicted octanol–water partition coefficient (Wildman–Crippen LogP) is -3.96. The molecule has 0 amide bonds. The first-order valence-corrected chi connectivity index (χ1v) is 15.7. The molecule has 0 aromatic carbocycles. The van der Waals surface area contributed by atoms with Gasteiger partial charge in [-0.1, -0.05) is 0 Å². The molecule has 0 aliphatic carbocycles. The number of aliphatic hydroxyl groups is 6. The number of aromatic nitrogens is 4. The van der Waals surface area contributed by atoms with Gasteiger partial charge in [0.1, 0.15) is 48.5 Å². The van der Waals surface area contributed by atoms with Gasteiger partial charge in [-0.3, -0.25) is 13.6 Å². The van der Waals surface area contributed by atoms with Crippen LogP contribution in [0.5, 0.6) is 0 Å². The Kier molecular flexibility index (Phi) is 11.1. The molecular formula is C16H26N5O18P3. The van der Waals surface area contributed by atoms with E-state index in [1.54, 1.807) is 0 Å². The van der Waals surface area contributed by atoms with Gasteiger partial charge in [0, 0.05) is 0 Å². The fourth-order valence-electron chi connectivity index (χ4n) is 3.51. The summed E-state index contributed by atoms with van der Waals surface area (Å²) in [6.07, 6.45) is -14.3. The van der Waals surface area contributed by atoms with Crippen LogP contribution in [0, 0.1) is 0 Å². The Balaban J connectivity index is 1.85. The summed E-state index contributed by atoms with van der Waals surface area (Å²) in [4.78, 5) is 50.5. The number of nitrogens with zero attached hydrogens (tertiary/aromatic N) is 4. The molecule has 3 heterocycles. The minimum Gasteiger partial charge on any atom is -0.394 e. The molecular weight excluding hydrogens is 643 g/mol. The molecule has 23 nitrogen and oxygen atoms in total. The number of rotatable bonds is 15. The molecule has 0 bridgehead atoms. The number of phosphoric acid groups is 3. The molecule has 11 N–H and O–H groups in total. The maximum atomic E-state index is 13.3. The van der Waals surface area contributed by atoms with Crippen LogP contribution >= 0.6 is 23.5 Å². The summed E-state index contributed by atoms with van der Waals surface area (Å²) in [6.45, 7) is -2.31. The Labute approximate surface area is 233 Å². The number of nitrogens with two attached hydrogens (primary N) is 1. The number of imidazole rings is 1. The molecule has 10 atom stereocenters. The fourth-order valence-corrected chi connectivity index (χ4v) is 7.19. The van der Waals surface area contributed by atoms with Crippen molar-refractivity contribution in [2.24, 2.45) is 0 Å². The average molecular weight is 669 g/mol. The zero-order valence-electron chi connectivity index (χ0n) is 20.7. The first kappa shape index (κ1) is 34.6. The molecule has 2 aromatic rings. The highest BCUT2D eigenvalue weighted by Crippen LogP contribution is 2.68. The van der Waals surface area contributed by atoms with Crippen molar-refractivity contribution in [1.82, 2.24) is 19.5 Å². The highest BCUT2D eigenvalue weighted by molar-refractivity contribution is 7.66. The molecule has 1 aliphatic heterocycles. The Morgan fingerprint density at radius 1 is 1.05 bits per heavy atom. The molecule has 42 heavy (non-hydrogen) atoms. The first-order valence-electron chi connectivity index (χ1n) is 11.2. The molecule has 26 heteroatoms. The van der Waals surface area contributed by atoms with Crippen molar-refractivity contribution in [1.29, 1.82) is 0 Å². The number of ether oxygens (including phenoxy) is 1. The summed E-state index contributed by atoms with van der Waals surface area (Å²) < 4.78 is 60.2. The standard InChI is InChI=1S/C16H26N5O18P3/c17-14-9-15(19-4-18-14)21(5-20-9)16-13(28)12(27)8(36-16)3-35-42(34,39-41(32,33)38-40(29,30)31)37-7(2-23)11(26)10(25)6(24)1-22/h2,4-8,10-13,16,22,24-28H,1,3H2,(H,32,33)(H2,17,18,19)(H2,29,30,31)/t6-,7+,8-,10-,11-,12-,13-,16-,42?/m1/s1. The zero-order valence-corrected chi connectivity index (χ0v) is 23.4. The molecule has 1 aliphatic rings. The van der Waals surface area contributed by atoms with Crippen molar-refractivity contribution in [3.63, 3.8) is 0 Å². The van der Waals surface area contributed by atoms with Crippen LogP contribution in [-0.4, -0.2) is 127 Å². The average Bonchev–Trinajstić information content (AvgIpc) is 3.44. The Morgan fingerprint density at radius 3 is 2.31 bits per heavy atom. The lowest BCUT2D eigenvalue weighted by Gasteiger charge is -2.28. The maximum absolute atomic E-state index is 13.3. The molecule has 2 unspecified atom stereocenters. The van der Waals surface area contributed by atoms with Crippen LogP contribution in [0.3, 0.4) is 0 Å². The summed E-state index contributed by atoms with van der Waals surface area (Å²) in [5, 5.41) is 59.4. The second-order valence-electron chi connectivity index (χ2n) is 8.43. The number of fused-ring (bicyclic) bond motifs is 1. The molecule has 1 fully saturated rings. The van der Waals surface area contributed by atoms with Crippen molar-refractivity contribution < 1.29 is 86.2 Å². The second kappa shape index (κ2) is 13.4. The van der Waals surface area contributed by atoms with Gasteiger partial charge < -0.3 is 60.6 Å². The third-order valence-electron chi connectivity index (χ3n) is 5.46. The molecule has 1 saturated heterocycles. The Bertz CT molecular complexity index is 1390. The Hall–Kier alpha value is -1.85. The lowest BCUT2D eigenvalue weighted by Crippen LogP contribution is -2.47. The van der Waals surface area contributed by atoms with Crippen molar-refractivity contribution >= 4 is 46.7 Å². The van der Waals surface area contributed by atoms with Gasteiger partial charge in [0.05, 0.1) is 19.5 Å². The topological polar surface area (TPSA) is 366 Å². The second-order valence-corrected chi connectivity index (χ2v) is 13.0. The molecule has 238 valence electrons. The van der Waals surface area contributed by atoms with Gasteiger partial charge in [-0.15, -0.1) is 0 Å². The minimum atomic E-state index is -6.07. The van der Waals surface area contributed by atoms with Crippen LogP contribution in [0.4, 0.5) is 5.82 Å². The van der Waals surface area contributed by atoms with Crippen LogP contribution in [0.25, 0.3) is 11.2 Å². The molecule has 0 radical (unpaired) electrons. The van der Waals surface area contributed by atoms with E-state index < -0.39 is 85.6 Å². The number of carbonyl (C=O) groups excluding carboxylic acids is 1. The molecule has 0 spiro atoms. The largest absolute Gasteiger partial charge is 0.490 e. The summed E-state index contributed by atoms with van der Waals surface area (Å²) in [5.41, 5.74) is 5.87. The quantitative estimate of drug-likeness (QED) is 0.0638. The van der Waals surface area contributed by atoms with Gasteiger partial charge in [-0.25, -0.2) is 28.6 Å². The summed E-state index contributed by atoms with van der Waals surface area (Å²) in [7, 11) is -17.7. The molecule has 3 rings (SSSR count). The normalized spacial score (nSPS) is 27.2. The van der Waals surface area contributed by atoms with Crippen LogP contribution < -0.4 is 5.73 Å². The van der Waals surface area contributed by atoms with Gasteiger partial charge in [0.15, 0.2) is 30.1 Å². The van der Waals surface area contributed by atoms with Crippen molar-refractivity contribution in [3.8, 4) is 0 Å². The third-order valence-corrected chi connectivity index (χ3v) is 9.73. The van der Waals surface area contributed by atoms with E-state index >= 15 is 0 Å². The zero-order chi connectivity index (χ0) is 31.6. The van der Waals surface area contributed by atoms with E-state index in [9.17, 15) is 48.9 Å².